The Balaban J connectivity index is 2.36. The molecule has 2 rings (SSSR count). The summed E-state index contributed by atoms with van der Waals surface area (Å²) in [6.07, 6.45) is 1.87. The van der Waals surface area contributed by atoms with Gasteiger partial charge in [-0.25, -0.2) is 13.2 Å². The first-order chi connectivity index (χ1) is 8.82. The molecule has 0 amide bonds. The van der Waals surface area contributed by atoms with Gasteiger partial charge in [0, 0.05) is 13.1 Å². The molecule has 5 nitrogen and oxygen atoms in total. The van der Waals surface area contributed by atoms with Crippen LogP contribution in [0.25, 0.3) is 0 Å². The number of hydrogen-bond acceptors (Lipinski definition) is 4. The van der Waals surface area contributed by atoms with Gasteiger partial charge in [-0.15, -0.1) is 11.3 Å². The Labute approximate surface area is 124 Å². The van der Waals surface area contributed by atoms with Crippen molar-refractivity contribution in [1.29, 1.82) is 0 Å². The van der Waals surface area contributed by atoms with Crippen LogP contribution in [0.4, 0.5) is 0 Å². The predicted molar refractivity (Wildman–Crippen MR) is 76.1 cm³/mol. The van der Waals surface area contributed by atoms with Crippen LogP contribution in [0, 0.1) is 5.92 Å². The maximum absolute atomic E-state index is 12.5. The zero-order chi connectivity index (χ0) is 14.2. The molecule has 1 N–H and O–H groups in total. The average molecular weight is 368 g/mol. The number of sulfonamides is 1. The maximum Gasteiger partial charge on any atom is 0.345 e. The minimum absolute atomic E-state index is 0.0236. The predicted octanol–water partition coefficient (Wildman–Crippen LogP) is 2.63. The van der Waals surface area contributed by atoms with Crippen molar-refractivity contribution in [2.24, 2.45) is 5.92 Å². The molecule has 0 aliphatic carbocycles. The fourth-order valence-electron chi connectivity index (χ4n) is 2.14. The first kappa shape index (κ1) is 15.0. The number of piperidine rings is 1. The van der Waals surface area contributed by atoms with Crippen molar-refractivity contribution in [2.45, 2.75) is 24.7 Å². The molecule has 1 aliphatic rings. The van der Waals surface area contributed by atoms with Gasteiger partial charge in [-0.3, -0.25) is 0 Å². The fourth-order valence-corrected chi connectivity index (χ4v) is 6.09. The topological polar surface area (TPSA) is 74.7 Å². The molecule has 106 valence electrons. The maximum atomic E-state index is 12.5. The third-order valence-electron chi connectivity index (χ3n) is 3.10. The summed E-state index contributed by atoms with van der Waals surface area (Å²) < 4.78 is 26.8. The molecule has 1 aromatic heterocycles. The van der Waals surface area contributed by atoms with Crippen LogP contribution >= 0.6 is 27.3 Å². The van der Waals surface area contributed by atoms with E-state index in [1.807, 2.05) is 6.92 Å². The molecule has 1 unspecified atom stereocenters. The summed E-state index contributed by atoms with van der Waals surface area (Å²) >= 11 is 4.08. The minimum Gasteiger partial charge on any atom is -0.477 e. The molecule has 0 radical (unpaired) electrons. The van der Waals surface area contributed by atoms with Gasteiger partial charge in [0.05, 0.1) is 3.79 Å². The molecular weight excluding hydrogens is 354 g/mol. The smallest absolute Gasteiger partial charge is 0.345 e. The second-order valence-electron chi connectivity index (χ2n) is 4.66. The molecule has 2 heterocycles. The normalized spacial score (nSPS) is 21.5. The standard InChI is InChI=1S/C11H14BrNO4S2/c1-7-3-2-4-13(6-7)19(16,17)9-5-8(11(14)15)18-10(9)12/h5,7H,2-4,6H2,1H3,(H,14,15). The number of carboxylic acids is 1. The number of rotatable bonds is 3. The highest BCUT2D eigenvalue weighted by Crippen LogP contribution is 2.34. The minimum atomic E-state index is -3.60. The van der Waals surface area contributed by atoms with E-state index in [1.54, 1.807) is 0 Å². The Hall–Kier alpha value is -0.440. The summed E-state index contributed by atoms with van der Waals surface area (Å²) in [4.78, 5) is 11.0. The summed E-state index contributed by atoms with van der Waals surface area (Å²) in [6.45, 7) is 3.01. The van der Waals surface area contributed by atoms with Crippen molar-refractivity contribution in [3.05, 3.63) is 14.7 Å². The van der Waals surface area contributed by atoms with Gasteiger partial charge in [-0.1, -0.05) is 6.92 Å². The highest BCUT2D eigenvalue weighted by molar-refractivity contribution is 9.11. The molecule has 0 spiro atoms. The van der Waals surface area contributed by atoms with Gasteiger partial charge in [0.2, 0.25) is 10.0 Å². The highest BCUT2D eigenvalue weighted by atomic mass is 79.9. The summed E-state index contributed by atoms with van der Waals surface area (Å²) in [5.74, 6) is -0.779. The van der Waals surface area contributed by atoms with E-state index in [0.717, 1.165) is 24.2 Å². The zero-order valence-corrected chi connectivity index (χ0v) is 13.5. The molecule has 8 heteroatoms. The van der Waals surface area contributed by atoms with E-state index in [0.29, 0.717) is 22.8 Å². The molecular formula is C11H14BrNO4S2. The second kappa shape index (κ2) is 5.51. The average Bonchev–Trinajstić information content (AvgIpc) is 2.72. The number of hydrogen-bond donors (Lipinski definition) is 1. The lowest BCUT2D eigenvalue weighted by atomic mass is 10.0. The number of thiophene rings is 1. The van der Waals surface area contributed by atoms with Gasteiger partial charge < -0.3 is 5.11 Å². The molecule has 1 aromatic rings. The summed E-state index contributed by atoms with van der Waals surface area (Å²) in [6, 6.07) is 1.23. The Morgan fingerprint density at radius 3 is 2.79 bits per heavy atom. The Morgan fingerprint density at radius 2 is 2.26 bits per heavy atom. The van der Waals surface area contributed by atoms with Crippen LogP contribution < -0.4 is 0 Å². The van der Waals surface area contributed by atoms with Crippen LogP contribution in [0.3, 0.4) is 0 Å². The van der Waals surface area contributed by atoms with E-state index in [-0.39, 0.29) is 9.77 Å². The summed E-state index contributed by atoms with van der Waals surface area (Å²) in [5, 5.41) is 8.92. The Morgan fingerprint density at radius 1 is 1.58 bits per heavy atom. The van der Waals surface area contributed by atoms with Crippen molar-refractivity contribution in [3.63, 3.8) is 0 Å². The van der Waals surface area contributed by atoms with Crippen LogP contribution in [0.15, 0.2) is 14.7 Å². The molecule has 19 heavy (non-hydrogen) atoms. The number of nitrogens with zero attached hydrogens (tertiary/aromatic N) is 1. The quantitative estimate of drug-likeness (QED) is 0.890. The third-order valence-corrected chi connectivity index (χ3v) is 7.21. The van der Waals surface area contributed by atoms with E-state index < -0.39 is 16.0 Å². The van der Waals surface area contributed by atoms with E-state index in [9.17, 15) is 13.2 Å². The van der Waals surface area contributed by atoms with E-state index in [1.165, 1.54) is 10.4 Å². The lowest BCUT2D eigenvalue weighted by Crippen LogP contribution is -2.39. The number of carboxylic acid groups (broad SMARTS) is 1. The second-order valence-corrected chi connectivity index (χ2v) is 8.94. The SMILES string of the molecule is CC1CCCN(S(=O)(=O)c2cc(C(=O)O)sc2Br)C1. The highest BCUT2D eigenvalue weighted by Gasteiger charge is 2.32. The summed E-state index contributed by atoms with van der Waals surface area (Å²) in [5.41, 5.74) is 0. The fraction of sp³-hybridized carbons (Fsp3) is 0.545. The van der Waals surface area contributed by atoms with Crippen molar-refractivity contribution < 1.29 is 18.3 Å². The van der Waals surface area contributed by atoms with Crippen molar-refractivity contribution in [2.75, 3.05) is 13.1 Å². The van der Waals surface area contributed by atoms with Crippen molar-refractivity contribution >= 4 is 43.3 Å². The van der Waals surface area contributed by atoms with E-state index in [4.69, 9.17) is 5.11 Å². The largest absolute Gasteiger partial charge is 0.477 e. The molecule has 1 aliphatic heterocycles. The first-order valence-electron chi connectivity index (χ1n) is 5.85. The van der Waals surface area contributed by atoms with Gasteiger partial charge >= 0.3 is 5.97 Å². The lowest BCUT2D eigenvalue weighted by molar-refractivity contribution is 0.0702. The molecule has 0 saturated carbocycles. The van der Waals surface area contributed by atoms with Gasteiger partial charge in [-0.05, 0) is 40.8 Å². The van der Waals surface area contributed by atoms with E-state index in [2.05, 4.69) is 15.9 Å². The molecule has 1 atom stereocenters. The molecule has 0 aromatic carbocycles. The number of aromatic carboxylic acids is 1. The number of carbonyl (C=O) groups is 1. The number of halogens is 1. The van der Waals surface area contributed by atoms with Gasteiger partial charge in [0.1, 0.15) is 9.77 Å². The lowest BCUT2D eigenvalue weighted by Gasteiger charge is -2.29. The van der Waals surface area contributed by atoms with Crippen LogP contribution in [-0.2, 0) is 10.0 Å². The van der Waals surface area contributed by atoms with Crippen LogP contribution in [-0.4, -0.2) is 36.9 Å². The summed E-state index contributed by atoms with van der Waals surface area (Å²) in [7, 11) is -3.60. The van der Waals surface area contributed by atoms with Crippen LogP contribution in [0.5, 0.6) is 0 Å². The third kappa shape index (κ3) is 3.01. The van der Waals surface area contributed by atoms with Gasteiger partial charge in [0.25, 0.3) is 0 Å². The van der Waals surface area contributed by atoms with Gasteiger partial charge in [-0.2, -0.15) is 4.31 Å². The first-order valence-corrected chi connectivity index (χ1v) is 8.90. The van der Waals surface area contributed by atoms with Crippen LogP contribution in [0.1, 0.15) is 29.4 Å². The zero-order valence-electron chi connectivity index (χ0n) is 10.3. The Kier molecular flexibility index (Phi) is 4.34. The van der Waals surface area contributed by atoms with E-state index >= 15 is 0 Å². The van der Waals surface area contributed by atoms with Crippen molar-refractivity contribution in [1.82, 2.24) is 4.31 Å². The molecule has 0 bridgehead atoms. The molecule has 1 fully saturated rings. The van der Waals surface area contributed by atoms with Gasteiger partial charge in [0.15, 0.2) is 0 Å². The van der Waals surface area contributed by atoms with Crippen LogP contribution in [0.2, 0.25) is 0 Å². The van der Waals surface area contributed by atoms with Crippen molar-refractivity contribution in [3.8, 4) is 0 Å². The Bertz CT molecular complexity index is 596. The monoisotopic (exact) mass is 367 g/mol. The molecule has 1 saturated heterocycles.